The van der Waals surface area contributed by atoms with E-state index in [1.54, 1.807) is 18.2 Å². The number of hydrogen-bond donors (Lipinski definition) is 2. The van der Waals surface area contributed by atoms with Crippen LogP contribution in [0.25, 0.3) is 0 Å². The van der Waals surface area contributed by atoms with Crippen molar-refractivity contribution in [3.8, 4) is 0 Å². The second kappa shape index (κ2) is 10.3. The van der Waals surface area contributed by atoms with E-state index in [0.717, 1.165) is 18.2 Å². The Bertz CT molecular complexity index is 971. The smallest absolute Gasteiger partial charge is 0.330 e. The molecule has 0 aliphatic carbocycles. The van der Waals surface area contributed by atoms with E-state index in [1.807, 2.05) is 20.8 Å². The predicted octanol–water partition coefficient (Wildman–Crippen LogP) is 2.84. The number of nitrogens with zero attached hydrogens (tertiary/aromatic N) is 2. The van der Waals surface area contributed by atoms with Crippen LogP contribution < -0.4 is 21.9 Å². The summed E-state index contributed by atoms with van der Waals surface area (Å²) in [5.41, 5.74) is 4.82. The summed E-state index contributed by atoms with van der Waals surface area (Å²) in [6.45, 7) is 6.39. The highest BCUT2D eigenvalue weighted by molar-refractivity contribution is 8.00. The zero-order valence-corrected chi connectivity index (χ0v) is 17.7. The van der Waals surface area contributed by atoms with Crippen LogP contribution in [-0.2, 0) is 11.3 Å². The molecule has 29 heavy (non-hydrogen) atoms. The minimum atomic E-state index is -0.701. The maximum atomic E-state index is 13.9. The van der Waals surface area contributed by atoms with Crippen LogP contribution in [0.2, 0.25) is 0 Å². The van der Waals surface area contributed by atoms with Gasteiger partial charge in [-0.1, -0.05) is 39.3 Å². The summed E-state index contributed by atoms with van der Waals surface area (Å²) in [5.74, 6) is -0.767. The van der Waals surface area contributed by atoms with E-state index in [4.69, 9.17) is 5.73 Å². The topological polar surface area (TPSA) is 101 Å². The number of carbonyl (C=O) groups excluding carboxylic acids is 1. The minimum Gasteiger partial charge on any atom is -0.383 e. The number of anilines is 2. The molecule has 1 amide bonds. The molecule has 0 bridgehead atoms. The van der Waals surface area contributed by atoms with Crippen molar-refractivity contribution in [2.24, 2.45) is 5.92 Å². The van der Waals surface area contributed by atoms with Gasteiger partial charge in [0.2, 0.25) is 5.91 Å². The highest BCUT2D eigenvalue weighted by Gasteiger charge is 2.24. The number of aromatic amines is 1. The number of nitrogen functional groups attached to an aromatic ring is 1. The number of unbranched alkanes of at least 4 members (excludes halogenated alkanes) is 1. The van der Waals surface area contributed by atoms with Crippen molar-refractivity contribution in [2.45, 2.75) is 45.1 Å². The normalized spacial score (nSPS) is 11.1. The van der Waals surface area contributed by atoms with Gasteiger partial charge in [0.1, 0.15) is 11.6 Å². The number of nitrogens with two attached hydrogens (primary N) is 1. The molecule has 0 spiro atoms. The second-order valence-corrected chi connectivity index (χ2v) is 8.13. The number of thioether (sulfide) groups is 1. The lowest BCUT2D eigenvalue weighted by molar-refractivity contribution is -0.116. The van der Waals surface area contributed by atoms with Gasteiger partial charge < -0.3 is 10.6 Å². The molecule has 0 aliphatic rings. The first-order chi connectivity index (χ1) is 13.8. The molecule has 3 N–H and O–H groups in total. The van der Waals surface area contributed by atoms with E-state index in [9.17, 15) is 18.8 Å². The van der Waals surface area contributed by atoms with Crippen LogP contribution in [0.4, 0.5) is 15.9 Å². The first kappa shape index (κ1) is 22.7. The van der Waals surface area contributed by atoms with Crippen LogP contribution in [0, 0.1) is 11.7 Å². The molecule has 0 atom stereocenters. The van der Waals surface area contributed by atoms with Crippen molar-refractivity contribution >= 4 is 29.2 Å². The summed E-state index contributed by atoms with van der Waals surface area (Å²) >= 11 is 1.05. The van der Waals surface area contributed by atoms with Crippen LogP contribution in [0.5, 0.6) is 0 Å². The zero-order valence-electron chi connectivity index (χ0n) is 16.9. The van der Waals surface area contributed by atoms with Gasteiger partial charge in [0, 0.05) is 18.0 Å². The maximum Gasteiger partial charge on any atom is 0.330 e. The third kappa shape index (κ3) is 5.72. The maximum absolute atomic E-state index is 13.9. The summed E-state index contributed by atoms with van der Waals surface area (Å²) in [5, 5.41) is 0. The van der Waals surface area contributed by atoms with E-state index < -0.39 is 17.1 Å². The second-order valence-electron chi connectivity index (χ2n) is 7.12. The fourth-order valence-electron chi connectivity index (χ4n) is 2.84. The Morgan fingerprint density at radius 1 is 1.31 bits per heavy atom. The number of rotatable bonds is 9. The summed E-state index contributed by atoms with van der Waals surface area (Å²) in [4.78, 5) is 41.6. The van der Waals surface area contributed by atoms with E-state index >= 15 is 0 Å². The first-order valence-electron chi connectivity index (χ1n) is 9.56. The van der Waals surface area contributed by atoms with Gasteiger partial charge in [-0.3, -0.25) is 19.1 Å². The molecule has 0 unspecified atom stereocenters. The average Bonchev–Trinajstić information content (AvgIpc) is 2.66. The number of H-pyrrole nitrogens is 1. The number of carbonyl (C=O) groups is 1. The average molecular weight is 423 g/mol. The lowest BCUT2D eigenvalue weighted by atomic mass is 10.2. The van der Waals surface area contributed by atoms with Crippen molar-refractivity contribution in [2.75, 3.05) is 22.9 Å². The molecule has 1 aromatic carbocycles. The van der Waals surface area contributed by atoms with Gasteiger partial charge in [0.25, 0.3) is 5.56 Å². The standard InChI is InChI=1S/C20H27FN4O3S/c1-4-5-10-24(16(26)12-29-15-9-7-6-8-14(15)21)17-18(22)25(11-13(2)3)20(28)23-19(17)27/h6-9,13H,4-5,10-12,22H2,1-3H3,(H,23,27,28). The van der Waals surface area contributed by atoms with Crippen molar-refractivity contribution in [3.05, 3.63) is 50.9 Å². The number of amides is 1. The highest BCUT2D eigenvalue weighted by Crippen LogP contribution is 2.24. The van der Waals surface area contributed by atoms with Crippen LogP contribution in [0.1, 0.15) is 33.6 Å². The van der Waals surface area contributed by atoms with Crippen molar-refractivity contribution < 1.29 is 9.18 Å². The monoisotopic (exact) mass is 422 g/mol. The van der Waals surface area contributed by atoms with Crippen molar-refractivity contribution in [3.63, 3.8) is 0 Å². The molecular formula is C20H27FN4O3S. The highest BCUT2D eigenvalue weighted by atomic mass is 32.2. The van der Waals surface area contributed by atoms with E-state index in [0.29, 0.717) is 17.9 Å². The lowest BCUT2D eigenvalue weighted by Crippen LogP contribution is -2.42. The van der Waals surface area contributed by atoms with Crippen LogP contribution in [-0.4, -0.2) is 27.8 Å². The summed E-state index contributed by atoms with van der Waals surface area (Å²) in [6.07, 6.45) is 1.45. The molecule has 2 rings (SSSR count). The molecule has 0 fully saturated rings. The molecular weight excluding hydrogens is 395 g/mol. The zero-order chi connectivity index (χ0) is 21.6. The van der Waals surface area contributed by atoms with Gasteiger partial charge in [-0.25, -0.2) is 9.18 Å². The van der Waals surface area contributed by atoms with E-state index in [1.165, 1.54) is 15.5 Å². The van der Waals surface area contributed by atoms with Crippen LogP contribution >= 0.6 is 11.8 Å². The van der Waals surface area contributed by atoms with Crippen molar-refractivity contribution in [1.29, 1.82) is 0 Å². The van der Waals surface area contributed by atoms with Gasteiger partial charge >= 0.3 is 5.69 Å². The molecule has 0 saturated carbocycles. The first-order valence-corrected chi connectivity index (χ1v) is 10.5. The number of benzene rings is 1. The SMILES string of the molecule is CCCCN(C(=O)CSc1ccccc1F)c1c(N)n(CC(C)C)c(=O)[nH]c1=O. The number of nitrogens with one attached hydrogen (secondary N) is 1. The Morgan fingerprint density at radius 3 is 2.62 bits per heavy atom. The summed E-state index contributed by atoms with van der Waals surface area (Å²) in [7, 11) is 0. The number of halogens is 1. The van der Waals surface area contributed by atoms with E-state index in [2.05, 4.69) is 4.98 Å². The molecule has 158 valence electrons. The third-order valence-corrected chi connectivity index (χ3v) is 5.29. The Balaban J connectivity index is 2.38. The van der Waals surface area contributed by atoms with Crippen LogP contribution in [0.3, 0.4) is 0 Å². The van der Waals surface area contributed by atoms with Crippen molar-refractivity contribution in [1.82, 2.24) is 9.55 Å². The minimum absolute atomic E-state index is 0.0298. The van der Waals surface area contributed by atoms with Gasteiger partial charge in [-0.15, -0.1) is 11.8 Å². The Kier molecular flexibility index (Phi) is 8.07. The molecule has 1 aromatic heterocycles. The fourth-order valence-corrected chi connectivity index (χ4v) is 3.66. The molecule has 9 heteroatoms. The molecule has 0 aliphatic heterocycles. The van der Waals surface area contributed by atoms with Crippen LogP contribution in [0.15, 0.2) is 38.8 Å². The molecule has 0 radical (unpaired) electrons. The Hall–Kier alpha value is -2.55. The van der Waals surface area contributed by atoms with Gasteiger partial charge in [-0.05, 0) is 24.5 Å². The molecule has 7 nitrogen and oxygen atoms in total. The molecule has 0 saturated heterocycles. The summed E-state index contributed by atoms with van der Waals surface area (Å²) < 4.78 is 15.1. The van der Waals surface area contributed by atoms with Gasteiger partial charge in [0.15, 0.2) is 5.69 Å². The lowest BCUT2D eigenvalue weighted by Gasteiger charge is -2.24. The third-order valence-electron chi connectivity index (χ3n) is 4.26. The fraction of sp³-hybridized carbons (Fsp3) is 0.450. The Morgan fingerprint density at radius 2 is 2.00 bits per heavy atom. The quantitative estimate of drug-likeness (QED) is 0.605. The molecule has 1 heterocycles. The number of hydrogen-bond acceptors (Lipinski definition) is 5. The van der Waals surface area contributed by atoms with Gasteiger partial charge in [-0.2, -0.15) is 0 Å². The summed E-state index contributed by atoms with van der Waals surface area (Å²) in [6, 6.07) is 6.18. The Labute approximate surface area is 173 Å². The number of aromatic nitrogens is 2. The van der Waals surface area contributed by atoms with E-state index in [-0.39, 0.29) is 35.6 Å². The van der Waals surface area contributed by atoms with Gasteiger partial charge in [0.05, 0.1) is 5.75 Å². The largest absolute Gasteiger partial charge is 0.383 e. The molecule has 2 aromatic rings. The predicted molar refractivity (Wildman–Crippen MR) is 115 cm³/mol.